The van der Waals surface area contributed by atoms with Crippen molar-refractivity contribution >= 4 is 27.5 Å². The Kier molecular flexibility index (Phi) is 9.41. The van der Waals surface area contributed by atoms with E-state index < -0.39 is 24.0 Å². The third kappa shape index (κ3) is 6.19. The lowest BCUT2D eigenvalue weighted by molar-refractivity contribution is -0.117. The number of pyridine rings is 1. The largest absolute Gasteiger partial charge is 0.508 e. The molecule has 2 aliphatic carbocycles. The normalized spacial score (nSPS) is 24.7. The summed E-state index contributed by atoms with van der Waals surface area (Å²) in [7, 11) is 1.38. The third-order valence-electron chi connectivity index (χ3n) is 11.3. The molecule has 3 heterocycles. The van der Waals surface area contributed by atoms with Gasteiger partial charge in [0, 0.05) is 35.0 Å². The van der Waals surface area contributed by atoms with Crippen molar-refractivity contribution in [3.63, 3.8) is 0 Å². The van der Waals surface area contributed by atoms with Crippen LogP contribution in [-0.4, -0.2) is 86.4 Å². The van der Waals surface area contributed by atoms with Gasteiger partial charge in [0.05, 0.1) is 24.9 Å². The number of aromatic nitrogens is 3. The number of hydrogen-bond donors (Lipinski definition) is 3. The first-order valence-corrected chi connectivity index (χ1v) is 17.9. The van der Waals surface area contributed by atoms with Crippen molar-refractivity contribution in [1.82, 2.24) is 19.9 Å². The Hall–Kier alpha value is -4.31. The summed E-state index contributed by atoms with van der Waals surface area (Å²) in [5.41, 5.74) is -1.22. The second kappa shape index (κ2) is 13.7. The summed E-state index contributed by atoms with van der Waals surface area (Å²) in [5, 5.41) is 32.4. The number of methoxy groups -OCH3 is 1. The molecule has 3 aliphatic rings. The molecule has 2 unspecified atom stereocenters. The Morgan fingerprint density at radius 3 is 2.61 bits per heavy atom. The predicted molar refractivity (Wildman–Crippen MR) is 191 cm³/mol. The fraction of sp³-hybridized carbons (Fsp3) is 0.513. The van der Waals surface area contributed by atoms with Gasteiger partial charge in [0.25, 0.3) is 0 Å². The molecule has 3 N–H and O–H groups in total. The summed E-state index contributed by atoms with van der Waals surface area (Å²) in [6.45, 7) is 5.25. The van der Waals surface area contributed by atoms with Crippen LogP contribution in [0.4, 0.5) is 14.6 Å². The Morgan fingerprint density at radius 1 is 1.12 bits per heavy atom. The molecule has 270 valence electrons. The van der Waals surface area contributed by atoms with Gasteiger partial charge in [-0.2, -0.15) is 9.97 Å². The maximum Gasteiger partial charge on any atom is 0.319 e. The fourth-order valence-electron chi connectivity index (χ4n) is 8.84. The highest BCUT2D eigenvalue weighted by Crippen LogP contribution is 2.51. The van der Waals surface area contributed by atoms with Gasteiger partial charge in [0.1, 0.15) is 34.9 Å². The van der Waals surface area contributed by atoms with E-state index in [1.54, 1.807) is 4.90 Å². The number of terminal acetylenes is 1. The van der Waals surface area contributed by atoms with E-state index in [9.17, 15) is 19.7 Å². The lowest BCUT2D eigenvalue weighted by Crippen LogP contribution is -2.61. The second-order valence-corrected chi connectivity index (χ2v) is 14.7. The van der Waals surface area contributed by atoms with E-state index in [0.717, 1.165) is 64.3 Å². The average molecular weight is 702 g/mol. The number of anilines is 1. The van der Waals surface area contributed by atoms with Gasteiger partial charge in [-0.05, 0) is 82.0 Å². The van der Waals surface area contributed by atoms with Gasteiger partial charge >= 0.3 is 6.01 Å². The van der Waals surface area contributed by atoms with Crippen molar-refractivity contribution in [3.8, 4) is 41.2 Å². The van der Waals surface area contributed by atoms with Crippen LogP contribution >= 0.6 is 0 Å². The molecule has 0 bridgehead atoms. The van der Waals surface area contributed by atoms with Crippen LogP contribution < -0.4 is 14.4 Å². The minimum absolute atomic E-state index is 0.0261. The quantitative estimate of drug-likeness (QED) is 0.121. The van der Waals surface area contributed by atoms with E-state index in [-0.39, 0.29) is 62.0 Å². The molecule has 2 aromatic carbocycles. The molecule has 2 aromatic heterocycles. The van der Waals surface area contributed by atoms with E-state index in [1.807, 2.05) is 13.8 Å². The Labute approximate surface area is 296 Å². The van der Waals surface area contributed by atoms with Crippen LogP contribution in [0, 0.1) is 29.4 Å². The number of aliphatic hydroxyl groups is 2. The van der Waals surface area contributed by atoms with Crippen LogP contribution in [0.15, 0.2) is 24.3 Å². The molecular formula is C39H45F2N5O5. The van der Waals surface area contributed by atoms with Crippen LogP contribution in [0.2, 0.25) is 0 Å². The number of halogens is 2. The van der Waals surface area contributed by atoms with E-state index >= 15 is 4.39 Å². The first-order valence-electron chi connectivity index (χ1n) is 17.9. The predicted octanol–water partition coefficient (Wildman–Crippen LogP) is 6.30. The molecule has 7 rings (SSSR count). The topological polar surface area (TPSA) is 124 Å². The van der Waals surface area contributed by atoms with Crippen LogP contribution in [0.1, 0.15) is 77.2 Å². The number of nitrogens with zero attached hydrogens (tertiary/aromatic N) is 5. The first-order chi connectivity index (χ1) is 24.5. The minimum Gasteiger partial charge on any atom is -0.508 e. The molecule has 0 spiro atoms. The van der Waals surface area contributed by atoms with E-state index in [1.165, 1.54) is 31.4 Å². The molecule has 1 aliphatic heterocycles. The molecule has 12 heteroatoms. The van der Waals surface area contributed by atoms with Crippen LogP contribution in [-0.2, 0) is 0 Å². The number of aromatic hydroxyl groups is 1. The van der Waals surface area contributed by atoms with Crippen LogP contribution in [0.3, 0.4) is 0 Å². The fourth-order valence-corrected chi connectivity index (χ4v) is 8.84. The van der Waals surface area contributed by atoms with Gasteiger partial charge in [0.15, 0.2) is 11.6 Å². The van der Waals surface area contributed by atoms with Crippen molar-refractivity contribution in [1.29, 1.82) is 0 Å². The highest BCUT2D eigenvalue weighted by atomic mass is 19.1. The van der Waals surface area contributed by atoms with Crippen molar-refractivity contribution < 1.29 is 33.6 Å². The highest BCUT2D eigenvalue weighted by molar-refractivity contribution is 6.04. The molecule has 3 fully saturated rings. The zero-order valence-corrected chi connectivity index (χ0v) is 29.4. The third-order valence-corrected chi connectivity index (χ3v) is 11.3. The zero-order valence-electron chi connectivity index (χ0n) is 29.4. The number of fused-ring (bicyclic) bond motifs is 3. The molecule has 0 radical (unpaired) electrons. The number of piperidine rings is 1. The number of phenols is 1. The maximum atomic E-state index is 17.1. The van der Waals surface area contributed by atoms with Gasteiger partial charge in [-0.15, -0.1) is 6.42 Å². The van der Waals surface area contributed by atoms with Gasteiger partial charge in [-0.25, -0.2) is 13.8 Å². The Morgan fingerprint density at radius 2 is 1.90 bits per heavy atom. The summed E-state index contributed by atoms with van der Waals surface area (Å²) < 4.78 is 44.3. The van der Waals surface area contributed by atoms with Gasteiger partial charge in [-0.3, -0.25) is 4.90 Å². The summed E-state index contributed by atoms with van der Waals surface area (Å²) in [4.78, 5) is 18.1. The van der Waals surface area contributed by atoms with Gasteiger partial charge < -0.3 is 29.7 Å². The molecule has 2 saturated carbocycles. The Balaban J connectivity index is 1.35. The molecule has 4 aromatic rings. The molecule has 0 amide bonds. The van der Waals surface area contributed by atoms with Gasteiger partial charge in [-0.1, -0.05) is 31.8 Å². The van der Waals surface area contributed by atoms with E-state index in [4.69, 9.17) is 20.9 Å². The van der Waals surface area contributed by atoms with Crippen molar-refractivity contribution in [2.45, 2.75) is 89.3 Å². The average Bonchev–Trinajstić information content (AvgIpc) is 3.55. The summed E-state index contributed by atoms with van der Waals surface area (Å²) >= 11 is 0. The number of phenolic OH excluding ortho intramolecular Hbond substituents is 1. The zero-order chi connectivity index (χ0) is 36.1. The number of likely N-dealkylation sites (tertiary alicyclic amines) is 1. The highest BCUT2D eigenvalue weighted by Gasteiger charge is 2.53. The molecule has 10 nitrogen and oxygen atoms in total. The molecule has 51 heavy (non-hydrogen) atoms. The number of benzene rings is 2. The second-order valence-electron chi connectivity index (χ2n) is 14.7. The lowest BCUT2D eigenvalue weighted by Gasteiger charge is -2.55. The monoisotopic (exact) mass is 701 g/mol. The Bertz CT molecular complexity index is 2010. The molecule has 1 saturated heterocycles. The lowest BCUT2D eigenvalue weighted by atomic mass is 9.70. The van der Waals surface area contributed by atoms with Crippen molar-refractivity contribution in [2.24, 2.45) is 5.41 Å². The number of hydrogen-bond acceptors (Lipinski definition) is 10. The van der Waals surface area contributed by atoms with Crippen molar-refractivity contribution in [3.05, 3.63) is 41.5 Å². The van der Waals surface area contributed by atoms with E-state index in [2.05, 4.69) is 20.8 Å². The summed E-state index contributed by atoms with van der Waals surface area (Å²) in [6, 6.07) is 5.95. The minimum atomic E-state index is -0.871. The molecular weight excluding hydrogens is 656 g/mol. The summed E-state index contributed by atoms with van der Waals surface area (Å²) in [6.07, 6.45) is 13.9. The smallest absolute Gasteiger partial charge is 0.319 e. The number of rotatable bonds is 11. The number of ether oxygens (including phenoxy) is 2. The number of aliphatic hydroxyl groups excluding tert-OH is 1. The van der Waals surface area contributed by atoms with E-state index in [0.29, 0.717) is 30.6 Å². The standard InChI is InChI=1S/C39H45F2N5O5/c1-5-7-15-45(22-47)35-31-34(32(41)33(42-36(31)50-4)27-18-25(48)17-23-11-12-28(40)26(6-2)30(23)27)43-37(44-35)51-21-39-13-8-10-29(39)46(16-9-14-39)24-19-38(3,49)20-24/h2,11-12,17-18,24,29,47-49H,5,7-10,13-16,19-22H2,1,3-4H3. The van der Waals surface area contributed by atoms with Crippen molar-refractivity contribution in [2.75, 3.05) is 38.4 Å². The summed E-state index contributed by atoms with van der Waals surface area (Å²) in [5.74, 6) is 0.813. The maximum absolute atomic E-state index is 17.1. The molecule has 2 atom stereocenters. The number of unbranched alkanes of at least 4 members (excludes halogenated alkanes) is 1. The van der Waals surface area contributed by atoms with Crippen LogP contribution in [0.5, 0.6) is 17.6 Å². The first kappa shape index (κ1) is 35.1. The van der Waals surface area contributed by atoms with Gasteiger partial charge in [0.2, 0.25) is 5.88 Å². The van der Waals surface area contributed by atoms with Crippen LogP contribution in [0.25, 0.3) is 32.9 Å². The SMILES string of the molecule is C#Cc1c(F)ccc2cc(O)cc(-c3nc(OC)c4c(N(CO)CCCC)nc(OCC56CCCC5N(C5CC(C)(O)C5)CCC6)nc4c3F)c12.